The first-order valence-electron chi connectivity index (χ1n) is 7.76. The molecular weight excluding hydrogens is 686 g/mol. The molecule has 148 valence electrons. The van der Waals surface area contributed by atoms with Gasteiger partial charge in [-0.15, -0.1) is 6.07 Å². The van der Waals surface area contributed by atoms with Crippen LogP contribution in [0.15, 0.2) is 63.5 Å². The van der Waals surface area contributed by atoms with Gasteiger partial charge in [0, 0.05) is 16.7 Å². The molecule has 0 bridgehead atoms. The maximum atomic E-state index is 12.4. The van der Waals surface area contributed by atoms with Crippen molar-refractivity contribution in [2.45, 2.75) is 0 Å². The number of fused-ring (bicyclic) bond motifs is 2. The monoisotopic (exact) mass is 689 g/mol. The summed E-state index contributed by atoms with van der Waals surface area (Å²) in [5, 5.41) is 12.4. The van der Waals surface area contributed by atoms with E-state index in [1.807, 2.05) is 0 Å². The molecule has 0 saturated carbocycles. The molecule has 2 aliphatic rings. The number of aromatic carboxylic acids is 1. The molecule has 11 heteroatoms. The van der Waals surface area contributed by atoms with Crippen LogP contribution in [0.3, 0.4) is 0 Å². The summed E-state index contributed by atoms with van der Waals surface area (Å²) < 4.78 is 7.79. The summed E-state index contributed by atoms with van der Waals surface area (Å²) in [6.07, 6.45) is 0. The van der Waals surface area contributed by atoms with E-state index in [1.54, 1.807) is 30.3 Å². The van der Waals surface area contributed by atoms with Gasteiger partial charge in [-0.2, -0.15) is 6.07 Å². The molecule has 2 aromatic carbocycles. The van der Waals surface area contributed by atoms with Crippen molar-refractivity contribution in [3.8, 4) is 22.5 Å². The van der Waals surface area contributed by atoms with E-state index in [-0.39, 0.29) is 80.1 Å². The van der Waals surface area contributed by atoms with Crippen LogP contribution >= 0.6 is 63.7 Å². The Balaban J connectivity index is 0.00000160. The summed E-state index contributed by atoms with van der Waals surface area (Å²) in [6.45, 7) is 0. The summed E-state index contributed by atoms with van der Waals surface area (Å²) in [6, 6.07) is 13.0. The van der Waals surface area contributed by atoms with E-state index in [4.69, 9.17) is 4.42 Å². The summed E-state index contributed by atoms with van der Waals surface area (Å²) >= 11 is 13.4. The normalized spacial score (nSPS) is 10.2. The van der Waals surface area contributed by atoms with Crippen molar-refractivity contribution in [2.75, 3.05) is 0 Å². The molecule has 0 unspecified atom stereocenters. The second kappa shape index (κ2) is 11.8. The minimum Gasteiger partial charge on any atom is -0.870 e. The van der Waals surface area contributed by atoms with Gasteiger partial charge in [-0.1, -0.05) is 70.5 Å². The van der Waals surface area contributed by atoms with Crippen molar-refractivity contribution in [2.24, 2.45) is 0 Å². The number of hydrogen-bond acceptors (Lipinski definition) is 5. The molecule has 0 spiro atoms. The van der Waals surface area contributed by atoms with Crippen LogP contribution in [-0.2, 0) is 0 Å². The number of carboxylic acids is 1. The Morgan fingerprint density at radius 3 is 2.29 bits per heavy atom. The van der Waals surface area contributed by atoms with Gasteiger partial charge in [-0.3, -0.25) is 4.79 Å². The average molecular weight is 693 g/mol. The predicted molar refractivity (Wildman–Crippen MR) is 120 cm³/mol. The van der Waals surface area contributed by atoms with Gasteiger partial charge in [0.05, 0.1) is 10.4 Å². The van der Waals surface area contributed by atoms with E-state index < -0.39 is 5.97 Å². The zero-order chi connectivity index (χ0) is 20.2. The third-order valence-corrected chi connectivity index (χ3v) is 6.53. The van der Waals surface area contributed by atoms with E-state index in [1.165, 1.54) is 6.07 Å². The van der Waals surface area contributed by atoms with E-state index >= 15 is 0 Å². The van der Waals surface area contributed by atoms with Gasteiger partial charge in [-0.25, -0.2) is 0 Å². The second-order valence-electron chi connectivity index (χ2n) is 5.86. The van der Waals surface area contributed by atoms with Gasteiger partial charge in [0.1, 0.15) is 10.2 Å². The molecule has 0 aromatic heterocycles. The molecule has 0 fully saturated rings. The molecule has 0 saturated heterocycles. The molecule has 2 aromatic rings. The number of hydrogen-bond donors (Lipinski definition) is 0. The van der Waals surface area contributed by atoms with E-state index in [0.29, 0.717) is 46.8 Å². The number of rotatable bonds is 2. The van der Waals surface area contributed by atoms with Gasteiger partial charge in [0.25, 0.3) is 0 Å². The van der Waals surface area contributed by atoms with E-state index in [9.17, 15) is 14.7 Å². The van der Waals surface area contributed by atoms with Crippen molar-refractivity contribution < 1.29 is 78.9 Å². The van der Waals surface area contributed by atoms with Gasteiger partial charge < -0.3 is 19.8 Å². The number of halogens is 4. The molecule has 1 aliphatic heterocycles. The first kappa shape index (κ1) is 29.5. The topological polar surface area (TPSA) is 100 Å². The van der Waals surface area contributed by atoms with Crippen molar-refractivity contribution >= 4 is 80.7 Å². The largest absolute Gasteiger partial charge is 1.00 e. The molecule has 1 heterocycles. The molecular formula is C20H7Br4Na2O5-. The fraction of sp³-hybridized carbons (Fsp3) is 0. The van der Waals surface area contributed by atoms with Crippen molar-refractivity contribution in [3.63, 3.8) is 0 Å². The van der Waals surface area contributed by atoms with Crippen molar-refractivity contribution in [3.05, 3.63) is 76.1 Å². The number of carbonyl (C=O) groups is 1. The van der Waals surface area contributed by atoms with Crippen LogP contribution in [0.2, 0.25) is 0 Å². The van der Waals surface area contributed by atoms with Gasteiger partial charge in [0.2, 0.25) is 5.43 Å². The molecule has 1 aliphatic carbocycles. The first-order valence-corrected chi connectivity index (χ1v) is 10.9. The predicted octanol–water partition coefficient (Wildman–Crippen LogP) is -0.390. The van der Waals surface area contributed by atoms with Crippen LogP contribution in [0.25, 0.3) is 33.4 Å². The van der Waals surface area contributed by atoms with E-state index in [2.05, 4.69) is 69.8 Å². The molecule has 1 N–H and O–H groups in total. The summed E-state index contributed by atoms with van der Waals surface area (Å²) in [5.74, 6) is -0.989. The zero-order valence-electron chi connectivity index (χ0n) is 16.1. The molecule has 0 atom stereocenters. The zero-order valence-corrected chi connectivity index (χ0v) is 26.4. The Morgan fingerprint density at radius 1 is 1.00 bits per heavy atom. The van der Waals surface area contributed by atoms with Crippen molar-refractivity contribution in [1.29, 1.82) is 0 Å². The standard InChI is InChI=1S/C20H7Br4O4.2Na.H2O/c21-8-5-11-15(9-3-1-2-4-10(9)20(26)27)12-7-13(22)17(25)16(24)19(12)28-18(11)14(23)6-8;;;/h1-5,7H,(H,26,27);;;1H2/q-1;2*+1;/p-2. The van der Waals surface area contributed by atoms with Crippen LogP contribution in [0.1, 0.15) is 10.4 Å². The molecule has 4 rings (SSSR count). The van der Waals surface area contributed by atoms with Gasteiger partial charge in [-0.05, 0) is 49.1 Å². The maximum absolute atomic E-state index is 12.4. The summed E-state index contributed by atoms with van der Waals surface area (Å²) in [7, 11) is 0. The fourth-order valence-electron chi connectivity index (χ4n) is 3.08. The summed E-state index contributed by atoms with van der Waals surface area (Å²) in [5.41, 5.74) is 1.83. The Labute approximate surface area is 254 Å². The van der Waals surface area contributed by atoms with Gasteiger partial charge >= 0.3 is 59.1 Å². The third-order valence-electron chi connectivity index (χ3n) is 4.23. The smallest absolute Gasteiger partial charge is 0.870 e. The Morgan fingerprint density at radius 2 is 1.65 bits per heavy atom. The van der Waals surface area contributed by atoms with Crippen molar-refractivity contribution in [1.82, 2.24) is 0 Å². The molecule has 5 nitrogen and oxygen atoms in total. The number of carboxylic acid groups (broad SMARTS) is 1. The number of carbonyl (C=O) groups excluding carboxylic acids is 1. The molecule has 0 radical (unpaired) electrons. The first-order chi connectivity index (χ1) is 13.3. The molecule has 0 amide bonds. The number of benzene rings is 3. The summed E-state index contributed by atoms with van der Waals surface area (Å²) in [4.78, 5) is 24.2. The maximum Gasteiger partial charge on any atom is 1.00 e. The Kier molecular flexibility index (Phi) is 11.2. The van der Waals surface area contributed by atoms with Crippen LogP contribution in [0.4, 0.5) is 0 Å². The average Bonchev–Trinajstić information content (AvgIpc) is 2.65. The minimum atomic E-state index is -1.29. The molecule has 31 heavy (non-hydrogen) atoms. The second-order valence-corrected chi connectivity index (χ2v) is 9.16. The van der Waals surface area contributed by atoms with Crippen LogP contribution in [0.5, 0.6) is 0 Å². The van der Waals surface area contributed by atoms with E-state index in [0.717, 1.165) is 0 Å². The minimum absolute atomic E-state index is 0. The Bertz CT molecular complexity index is 1320. The van der Waals surface area contributed by atoms with Crippen LogP contribution < -0.4 is 69.6 Å². The van der Waals surface area contributed by atoms with Gasteiger partial charge in [0.15, 0.2) is 0 Å². The fourth-order valence-corrected chi connectivity index (χ4v) is 5.48. The van der Waals surface area contributed by atoms with Crippen LogP contribution in [0, 0.1) is 6.07 Å². The Hall–Kier alpha value is 0.480. The van der Waals surface area contributed by atoms with Crippen LogP contribution in [-0.4, -0.2) is 11.4 Å². The SMILES string of the molecule is O=C([O-])c1ccccc1-c1c2cc(Br)c(=O)c(Br)c-2oc2c(Br)[c-]c(Br)cc12.[Na+].[Na+].[OH-]. The quantitative estimate of drug-likeness (QED) is 0.162. The third kappa shape index (κ3) is 5.43.